The Morgan fingerprint density at radius 1 is 1.31 bits per heavy atom. The lowest BCUT2D eigenvalue weighted by atomic mass is 10.1. The highest BCUT2D eigenvalue weighted by Gasteiger charge is 2.22. The molecule has 0 atom stereocenters. The van der Waals surface area contributed by atoms with E-state index in [9.17, 15) is 9.18 Å². The van der Waals surface area contributed by atoms with Crippen LogP contribution in [0.15, 0.2) is 23.0 Å². The van der Waals surface area contributed by atoms with Crippen LogP contribution >= 0.6 is 12.2 Å². The van der Waals surface area contributed by atoms with Crippen molar-refractivity contribution in [3.8, 4) is 11.3 Å². The summed E-state index contributed by atoms with van der Waals surface area (Å²) in [5.74, 6) is -0.290. The van der Waals surface area contributed by atoms with Crippen LogP contribution in [0.25, 0.3) is 11.3 Å². The van der Waals surface area contributed by atoms with Crippen LogP contribution in [0.3, 0.4) is 0 Å². The normalized spacial score (nSPS) is 12.3. The first-order valence-corrected chi connectivity index (χ1v) is 5.20. The highest BCUT2D eigenvalue weighted by molar-refractivity contribution is 7.71. The average Bonchev–Trinajstić information content (AvgIpc) is 2.56. The summed E-state index contributed by atoms with van der Waals surface area (Å²) in [7, 11) is 0. The van der Waals surface area contributed by atoms with Crippen LogP contribution in [-0.4, -0.2) is 9.97 Å². The molecule has 0 aliphatic heterocycles. The summed E-state index contributed by atoms with van der Waals surface area (Å²) in [5, 5.41) is 0. The van der Waals surface area contributed by atoms with Crippen molar-refractivity contribution in [2.45, 2.75) is 6.42 Å². The summed E-state index contributed by atoms with van der Waals surface area (Å²) in [6.07, 6.45) is 0.448. The molecule has 0 bridgehead atoms. The van der Waals surface area contributed by atoms with Gasteiger partial charge < -0.3 is 4.98 Å². The van der Waals surface area contributed by atoms with E-state index >= 15 is 0 Å². The molecule has 1 aliphatic carbocycles. The number of hydrogen-bond acceptors (Lipinski definition) is 2. The number of aromatic amines is 2. The van der Waals surface area contributed by atoms with Crippen LogP contribution in [0.4, 0.5) is 4.39 Å². The first kappa shape index (κ1) is 9.47. The zero-order valence-electron chi connectivity index (χ0n) is 8.13. The SMILES string of the molecule is O=c1[nH]c(=S)[nH]c2c1Cc1cc(F)ccc1-2. The molecule has 1 aliphatic rings. The molecule has 2 aromatic rings. The van der Waals surface area contributed by atoms with Gasteiger partial charge in [0, 0.05) is 17.5 Å². The Morgan fingerprint density at radius 2 is 2.12 bits per heavy atom. The summed E-state index contributed by atoms with van der Waals surface area (Å²) >= 11 is 4.91. The Morgan fingerprint density at radius 3 is 2.94 bits per heavy atom. The van der Waals surface area contributed by atoms with E-state index in [0.717, 1.165) is 11.1 Å². The maximum absolute atomic E-state index is 13.0. The molecule has 2 N–H and O–H groups in total. The zero-order chi connectivity index (χ0) is 11.3. The predicted octanol–water partition coefficient (Wildman–Crippen LogP) is 2.14. The number of rotatable bonds is 0. The highest BCUT2D eigenvalue weighted by Crippen LogP contribution is 2.32. The Balaban J connectivity index is 2.38. The predicted molar refractivity (Wildman–Crippen MR) is 60.4 cm³/mol. The van der Waals surface area contributed by atoms with Gasteiger partial charge in [0.2, 0.25) is 0 Å². The largest absolute Gasteiger partial charge is 0.331 e. The van der Waals surface area contributed by atoms with Gasteiger partial charge in [-0.3, -0.25) is 9.78 Å². The zero-order valence-corrected chi connectivity index (χ0v) is 8.95. The molecule has 5 heteroatoms. The maximum atomic E-state index is 13.0. The number of nitrogens with one attached hydrogen (secondary N) is 2. The fraction of sp³-hybridized carbons (Fsp3) is 0.0909. The molecular formula is C11H7FN2OS. The molecule has 80 valence electrons. The topological polar surface area (TPSA) is 48.6 Å². The van der Waals surface area contributed by atoms with Crippen molar-refractivity contribution < 1.29 is 4.39 Å². The van der Waals surface area contributed by atoms with Crippen molar-refractivity contribution in [3.05, 3.63) is 50.3 Å². The summed E-state index contributed by atoms with van der Waals surface area (Å²) in [4.78, 5) is 17.1. The number of halogens is 1. The van der Waals surface area contributed by atoms with Crippen LogP contribution < -0.4 is 5.56 Å². The van der Waals surface area contributed by atoms with E-state index in [0.29, 0.717) is 22.4 Å². The third-order valence-electron chi connectivity index (χ3n) is 2.75. The molecule has 0 saturated carbocycles. The van der Waals surface area contributed by atoms with Gasteiger partial charge in [0.1, 0.15) is 5.82 Å². The second kappa shape index (κ2) is 3.12. The molecule has 3 rings (SSSR count). The monoisotopic (exact) mass is 234 g/mol. The van der Waals surface area contributed by atoms with E-state index in [1.54, 1.807) is 6.07 Å². The number of H-pyrrole nitrogens is 2. The third kappa shape index (κ3) is 1.25. The molecule has 0 radical (unpaired) electrons. The molecule has 0 unspecified atom stereocenters. The van der Waals surface area contributed by atoms with Crippen LogP contribution in [0.2, 0.25) is 0 Å². The molecule has 0 amide bonds. The molecular weight excluding hydrogens is 227 g/mol. The van der Waals surface area contributed by atoms with E-state index in [-0.39, 0.29) is 11.4 Å². The summed E-state index contributed by atoms with van der Waals surface area (Å²) in [6.45, 7) is 0. The molecule has 0 saturated heterocycles. The van der Waals surface area contributed by atoms with Crippen LogP contribution in [-0.2, 0) is 6.42 Å². The second-order valence-electron chi connectivity index (χ2n) is 3.74. The van der Waals surface area contributed by atoms with Crippen molar-refractivity contribution in [1.29, 1.82) is 0 Å². The fourth-order valence-electron chi connectivity index (χ4n) is 2.05. The van der Waals surface area contributed by atoms with Crippen LogP contribution in [0, 0.1) is 10.6 Å². The number of fused-ring (bicyclic) bond motifs is 3. The fourth-order valence-corrected chi connectivity index (χ4v) is 2.25. The Hall–Kier alpha value is -1.75. The number of hydrogen-bond donors (Lipinski definition) is 2. The summed E-state index contributed by atoms with van der Waals surface area (Å²) in [6, 6.07) is 4.50. The Kier molecular flexibility index (Phi) is 1.85. The molecule has 1 heterocycles. The van der Waals surface area contributed by atoms with Crippen molar-refractivity contribution in [2.75, 3.05) is 0 Å². The van der Waals surface area contributed by atoms with Gasteiger partial charge >= 0.3 is 0 Å². The summed E-state index contributed by atoms with van der Waals surface area (Å²) in [5.41, 5.74) is 2.80. The van der Waals surface area contributed by atoms with Crippen molar-refractivity contribution >= 4 is 12.2 Å². The van der Waals surface area contributed by atoms with E-state index in [2.05, 4.69) is 9.97 Å². The number of aromatic nitrogens is 2. The Bertz CT molecular complexity index is 702. The molecule has 1 aromatic carbocycles. The van der Waals surface area contributed by atoms with E-state index < -0.39 is 0 Å². The smallest absolute Gasteiger partial charge is 0.255 e. The first-order chi connectivity index (χ1) is 7.65. The lowest BCUT2D eigenvalue weighted by Gasteiger charge is -1.99. The van der Waals surface area contributed by atoms with Gasteiger partial charge in [0.05, 0.1) is 5.69 Å². The molecule has 1 aromatic heterocycles. The Labute approximate surface area is 95.0 Å². The minimum absolute atomic E-state index is 0.199. The van der Waals surface area contributed by atoms with Gasteiger partial charge in [-0.2, -0.15) is 0 Å². The van der Waals surface area contributed by atoms with Crippen molar-refractivity contribution in [1.82, 2.24) is 9.97 Å². The molecule has 0 fully saturated rings. The first-order valence-electron chi connectivity index (χ1n) is 4.79. The van der Waals surface area contributed by atoms with Crippen LogP contribution in [0.1, 0.15) is 11.1 Å². The molecule has 16 heavy (non-hydrogen) atoms. The quantitative estimate of drug-likeness (QED) is 0.585. The number of benzene rings is 1. The van der Waals surface area contributed by atoms with Gasteiger partial charge in [-0.25, -0.2) is 4.39 Å². The van der Waals surface area contributed by atoms with Gasteiger partial charge in [0.15, 0.2) is 4.77 Å². The minimum Gasteiger partial charge on any atom is -0.331 e. The summed E-state index contributed by atoms with van der Waals surface area (Å²) < 4.78 is 13.3. The standard InChI is InChI=1S/C11H7FN2OS/c12-6-1-2-7-5(3-6)4-8-9(7)13-11(16)14-10(8)15/h1-3H,4H2,(H2,13,14,15,16). The van der Waals surface area contributed by atoms with E-state index in [1.165, 1.54) is 12.1 Å². The molecule has 0 spiro atoms. The van der Waals surface area contributed by atoms with Gasteiger partial charge in [-0.1, -0.05) is 0 Å². The molecule has 3 nitrogen and oxygen atoms in total. The highest BCUT2D eigenvalue weighted by atomic mass is 32.1. The van der Waals surface area contributed by atoms with Crippen molar-refractivity contribution in [2.24, 2.45) is 0 Å². The van der Waals surface area contributed by atoms with Crippen LogP contribution in [0.5, 0.6) is 0 Å². The second-order valence-corrected chi connectivity index (χ2v) is 4.15. The lowest BCUT2D eigenvalue weighted by molar-refractivity contribution is 0.626. The van der Waals surface area contributed by atoms with Crippen molar-refractivity contribution in [3.63, 3.8) is 0 Å². The van der Waals surface area contributed by atoms with Gasteiger partial charge in [0.25, 0.3) is 5.56 Å². The van der Waals surface area contributed by atoms with Gasteiger partial charge in [-0.15, -0.1) is 0 Å². The van der Waals surface area contributed by atoms with E-state index in [1.807, 2.05) is 0 Å². The lowest BCUT2D eigenvalue weighted by Crippen LogP contribution is -2.12. The van der Waals surface area contributed by atoms with E-state index in [4.69, 9.17) is 12.2 Å². The maximum Gasteiger partial charge on any atom is 0.255 e. The minimum atomic E-state index is -0.290. The van der Waals surface area contributed by atoms with Gasteiger partial charge in [-0.05, 0) is 36.0 Å². The average molecular weight is 234 g/mol. The third-order valence-corrected chi connectivity index (χ3v) is 2.95.